The van der Waals surface area contributed by atoms with Gasteiger partial charge >= 0.3 is 0 Å². The number of methoxy groups -OCH3 is 1. The van der Waals surface area contributed by atoms with Crippen LogP contribution in [0.2, 0.25) is 0 Å². The van der Waals surface area contributed by atoms with E-state index in [0.29, 0.717) is 27.7 Å². The van der Waals surface area contributed by atoms with E-state index in [0.717, 1.165) is 0 Å². The number of halogens is 2. The van der Waals surface area contributed by atoms with Crippen molar-refractivity contribution in [1.82, 2.24) is 14.4 Å². The van der Waals surface area contributed by atoms with Crippen LogP contribution in [0.3, 0.4) is 0 Å². The molecule has 160 valence electrons. The highest BCUT2D eigenvalue weighted by Crippen LogP contribution is 2.31. The zero-order valence-corrected chi connectivity index (χ0v) is 17.8. The van der Waals surface area contributed by atoms with Gasteiger partial charge in [-0.1, -0.05) is 0 Å². The Hall–Kier alpha value is -3.53. The van der Waals surface area contributed by atoms with Gasteiger partial charge in [0, 0.05) is 41.8 Å². The lowest BCUT2D eigenvalue weighted by molar-refractivity contribution is 0.372. The SMILES string of the molecule is CN=S(C)(=O)c1ccc(Nc2nccn3c(-c4ccc(OC)c(F)c4F)cnc23)cc1. The molecule has 4 rings (SSSR count). The van der Waals surface area contributed by atoms with Gasteiger partial charge in [0.1, 0.15) is 0 Å². The standard InChI is InChI=1S/C21H19F2N5O2S/c1-24-31(3,29)14-6-4-13(5-7-14)27-20-21-26-12-16(28(21)11-10-25-20)15-8-9-17(30-2)19(23)18(15)22/h4-12H,1-3H3,(H,25,27). The molecule has 0 spiro atoms. The van der Waals surface area contributed by atoms with Gasteiger partial charge in [0.25, 0.3) is 0 Å². The quantitative estimate of drug-likeness (QED) is 0.491. The zero-order valence-electron chi connectivity index (χ0n) is 17.0. The second kappa shape index (κ2) is 7.95. The Bertz CT molecular complexity index is 1390. The summed E-state index contributed by atoms with van der Waals surface area (Å²) >= 11 is 0. The summed E-state index contributed by atoms with van der Waals surface area (Å²) in [5, 5.41) is 3.15. The van der Waals surface area contributed by atoms with Crippen molar-refractivity contribution in [2.24, 2.45) is 4.36 Å². The Balaban J connectivity index is 1.72. The first-order valence-electron chi connectivity index (χ1n) is 9.17. The molecular formula is C21H19F2N5O2S. The summed E-state index contributed by atoms with van der Waals surface area (Å²) in [5.74, 6) is -1.83. The molecule has 0 aliphatic heterocycles. The van der Waals surface area contributed by atoms with Crippen LogP contribution >= 0.6 is 0 Å². The van der Waals surface area contributed by atoms with Crippen LogP contribution < -0.4 is 10.1 Å². The van der Waals surface area contributed by atoms with Gasteiger partial charge in [-0.2, -0.15) is 4.39 Å². The molecule has 2 aromatic heterocycles. The lowest BCUT2D eigenvalue weighted by atomic mass is 10.1. The minimum atomic E-state index is -2.42. The van der Waals surface area contributed by atoms with Crippen molar-refractivity contribution in [1.29, 1.82) is 0 Å². The van der Waals surface area contributed by atoms with E-state index in [4.69, 9.17) is 4.74 Å². The van der Waals surface area contributed by atoms with Crippen LogP contribution in [0.15, 0.2) is 64.2 Å². The fourth-order valence-electron chi connectivity index (χ4n) is 3.13. The predicted octanol–water partition coefficient (Wildman–Crippen LogP) is 4.51. The summed E-state index contributed by atoms with van der Waals surface area (Å²) in [5.41, 5.74) is 1.54. The molecule has 0 aliphatic rings. The summed E-state index contributed by atoms with van der Waals surface area (Å²) in [4.78, 5) is 9.26. The third-order valence-electron chi connectivity index (χ3n) is 4.87. The molecule has 4 aromatic rings. The molecule has 2 heterocycles. The lowest BCUT2D eigenvalue weighted by Gasteiger charge is -2.10. The number of hydrogen-bond acceptors (Lipinski definition) is 6. The monoisotopic (exact) mass is 443 g/mol. The number of imidazole rings is 1. The average Bonchev–Trinajstić information content (AvgIpc) is 3.21. The van der Waals surface area contributed by atoms with E-state index in [2.05, 4.69) is 19.6 Å². The minimum Gasteiger partial charge on any atom is -0.494 e. The van der Waals surface area contributed by atoms with Crippen molar-refractivity contribution < 1.29 is 17.7 Å². The normalized spacial score (nSPS) is 13.1. The Morgan fingerprint density at radius 2 is 1.84 bits per heavy atom. The molecule has 0 fully saturated rings. The van der Waals surface area contributed by atoms with Gasteiger partial charge in [0.05, 0.1) is 28.7 Å². The minimum absolute atomic E-state index is 0.0494. The number of nitrogens with one attached hydrogen (secondary N) is 1. The number of aromatic nitrogens is 3. The van der Waals surface area contributed by atoms with E-state index >= 15 is 0 Å². The average molecular weight is 443 g/mol. The zero-order chi connectivity index (χ0) is 22.2. The lowest BCUT2D eigenvalue weighted by Crippen LogP contribution is -2.01. The first-order chi connectivity index (χ1) is 14.9. The summed E-state index contributed by atoms with van der Waals surface area (Å²) in [6.07, 6.45) is 6.17. The fourth-order valence-corrected chi connectivity index (χ4v) is 3.98. The van der Waals surface area contributed by atoms with Crippen LogP contribution in [0.25, 0.3) is 16.9 Å². The van der Waals surface area contributed by atoms with Crippen LogP contribution in [-0.4, -0.2) is 39.0 Å². The van der Waals surface area contributed by atoms with E-state index in [9.17, 15) is 13.0 Å². The highest BCUT2D eigenvalue weighted by atomic mass is 32.2. The van der Waals surface area contributed by atoms with Crippen LogP contribution in [0.4, 0.5) is 20.3 Å². The molecule has 0 radical (unpaired) electrons. The van der Waals surface area contributed by atoms with Crippen molar-refractivity contribution in [3.05, 3.63) is 66.6 Å². The van der Waals surface area contributed by atoms with Gasteiger partial charge in [-0.05, 0) is 36.4 Å². The molecular weight excluding hydrogens is 424 g/mol. The Morgan fingerprint density at radius 1 is 1.10 bits per heavy atom. The maximum absolute atomic E-state index is 14.6. The summed E-state index contributed by atoms with van der Waals surface area (Å²) < 4.78 is 51.5. The molecule has 1 unspecified atom stereocenters. The third-order valence-corrected chi connectivity index (χ3v) is 6.72. The number of fused-ring (bicyclic) bond motifs is 1. The van der Waals surface area contributed by atoms with E-state index in [1.807, 2.05) is 0 Å². The predicted molar refractivity (Wildman–Crippen MR) is 115 cm³/mol. The van der Waals surface area contributed by atoms with Gasteiger partial charge < -0.3 is 10.1 Å². The molecule has 10 heteroatoms. The maximum atomic E-state index is 14.6. The van der Waals surface area contributed by atoms with E-state index < -0.39 is 21.4 Å². The Morgan fingerprint density at radius 3 is 2.52 bits per heavy atom. The molecule has 7 nitrogen and oxygen atoms in total. The maximum Gasteiger partial charge on any atom is 0.201 e. The second-order valence-corrected chi connectivity index (χ2v) is 9.13. The van der Waals surface area contributed by atoms with Crippen LogP contribution in [0.5, 0.6) is 5.75 Å². The molecule has 0 amide bonds. The van der Waals surface area contributed by atoms with Crippen LogP contribution in [0, 0.1) is 11.6 Å². The van der Waals surface area contributed by atoms with Gasteiger partial charge in [0.2, 0.25) is 5.82 Å². The van der Waals surface area contributed by atoms with Gasteiger partial charge in [-0.3, -0.25) is 4.40 Å². The molecule has 0 aliphatic carbocycles. The number of nitrogens with zero attached hydrogens (tertiary/aromatic N) is 4. The second-order valence-electron chi connectivity index (χ2n) is 6.69. The smallest absolute Gasteiger partial charge is 0.201 e. The summed E-state index contributed by atoms with van der Waals surface area (Å²) in [7, 11) is 0.374. The topological polar surface area (TPSA) is 80.9 Å². The van der Waals surface area contributed by atoms with E-state index in [-0.39, 0.29) is 11.3 Å². The van der Waals surface area contributed by atoms with Crippen LogP contribution in [-0.2, 0) is 9.73 Å². The molecule has 1 atom stereocenters. The van der Waals surface area contributed by atoms with Crippen molar-refractivity contribution in [3.8, 4) is 17.0 Å². The molecule has 0 bridgehead atoms. The van der Waals surface area contributed by atoms with Crippen molar-refractivity contribution in [3.63, 3.8) is 0 Å². The first-order valence-corrected chi connectivity index (χ1v) is 11.1. The number of anilines is 2. The number of hydrogen-bond donors (Lipinski definition) is 1. The molecule has 0 saturated carbocycles. The largest absolute Gasteiger partial charge is 0.494 e. The first kappa shape index (κ1) is 20.7. The van der Waals surface area contributed by atoms with Crippen LogP contribution in [0.1, 0.15) is 0 Å². The van der Waals surface area contributed by atoms with Crippen molar-refractivity contribution in [2.75, 3.05) is 25.7 Å². The third kappa shape index (κ3) is 3.70. The number of rotatable bonds is 5. The summed E-state index contributed by atoms with van der Waals surface area (Å²) in [6, 6.07) is 9.78. The molecule has 1 N–H and O–H groups in total. The highest BCUT2D eigenvalue weighted by Gasteiger charge is 2.19. The van der Waals surface area contributed by atoms with E-state index in [1.165, 1.54) is 38.7 Å². The summed E-state index contributed by atoms with van der Waals surface area (Å²) in [6.45, 7) is 0. The van der Waals surface area contributed by atoms with Gasteiger partial charge in [0.15, 0.2) is 23.0 Å². The van der Waals surface area contributed by atoms with E-state index in [1.54, 1.807) is 41.1 Å². The molecule has 0 saturated heterocycles. The molecule has 2 aromatic carbocycles. The Kier molecular flexibility index (Phi) is 5.32. The number of benzene rings is 2. The highest BCUT2D eigenvalue weighted by molar-refractivity contribution is 7.93. The number of ether oxygens (including phenoxy) is 1. The van der Waals surface area contributed by atoms with Gasteiger partial charge in [-0.25, -0.2) is 22.9 Å². The Labute approximate surface area is 177 Å². The molecule has 31 heavy (non-hydrogen) atoms. The van der Waals surface area contributed by atoms with Crippen molar-refractivity contribution >= 4 is 26.9 Å². The van der Waals surface area contributed by atoms with Crippen molar-refractivity contribution in [2.45, 2.75) is 4.90 Å². The van der Waals surface area contributed by atoms with Gasteiger partial charge in [-0.15, -0.1) is 0 Å². The fraction of sp³-hybridized carbons (Fsp3) is 0.143.